The summed E-state index contributed by atoms with van der Waals surface area (Å²) in [6.07, 6.45) is 1.15. The van der Waals surface area contributed by atoms with Gasteiger partial charge in [-0.25, -0.2) is 4.68 Å². The van der Waals surface area contributed by atoms with Gasteiger partial charge < -0.3 is 5.84 Å². The molecule has 0 spiro atoms. The molecule has 2 rings (SSSR count). The van der Waals surface area contributed by atoms with E-state index in [1.165, 1.54) is 10.4 Å². The fourth-order valence-corrected chi connectivity index (χ4v) is 2.70. The Morgan fingerprint density at radius 2 is 2.58 bits per heavy atom. The third-order valence-corrected chi connectivity index (χ3v) is 3.48. The van der Waals surface area contributed by atoms with Crippen molar-refractivity contribution < 1.29 is 0 Å². The monoisotopic (exact) mass is 202 g/mol. The molecule has 1 aliphatic heterocycles. The van der Waals surface area contributed by atoms with Gasteiger partial charge in [0.05, 0.1) is 0 Å². The first-order chi connectivity index (χ1) is 5.79. The molecule has 0 bridgehead atoms. The molecule has 66 valence electrons. The zero-order chi connectivity index (χ0) is 8.55. The number of nitrogens with zero attached hydrogens (tertiary/aromatic N) is 2. The van der Waals surface area contributed by atoms with Gasteiger partial charge in [0.2, 0.25) is 4.77 Å². The van der Waals surface area contributed by atoms with E-state index >= 15 is 0 Å². The number of nitrogens with two attached hydrogens (primary N) is 1. The van der Waals surface area contributed by atoms with Gasteiger partial charge in [-0.2, -0.15) is 16.9 Å². The molecule has 0 amide bonds. The highest BCUT2D eigenvalue weighted by atomic mass is 32.2. The molecule has 1 unspecified atom stereocenters. The lowest BCUT2D eigenvalue weighted by Crippen LogP contribution is -2.15. The molecule has 0 aromatic carbocycles. The van der Waals surface area contributed by atoms with Crippen LogP contribution in [0.1, 0.15) is 18.2 Å². The Balaban J connectivity index is 2.32. The number of hydrogen-bond donors (Lipinski definition) is 2. The normalized spacial score (nSPS) is 23.2. The summed E-state index contributed by atoms with van der Waals surface area (Å²) in [5, 5.41) is 6.80. The molecule has 2 heterocycles. The maximum absolute atomic E-state index is 5.69. The van der Waals surface area contributed by atoms with E-state index in [0.717, 1.165) is 18.0 Å². The average Bonchev–Trinajstić information content (AvgIpc) is 2.64. The van der Waals surface area contributed by atoms with Gasteiger partial charge in [0.25, 0.3) is 0 Å². The van der Waals surface area contributed by atoms with Crippen molar-refractivity contribution in [1.82, 2.24) is 14.9 Å². The highest BCUT2D eigenvalue weighted by Crippen LogP contribution is 2.30. The van der Waals surface area contributed by atoms with E-state index in [4.69, 9.17) is 18.1 Å². The van der Waals surface area contributed by atoms with Crippen molar-refractivity contribution in [3.05, 3.63) is 10.6 Å². The number of aromatic amines is 1. The first-order valence-electron chi connectivity index (χ1n) is 3.79. The van der Waals surface area contributed by atoms with E-state index in [9.17, 15) is 0 Å². The Morgan fingerprint density at radius 3 is 3.08 bits per heavy atom. The highest BCUT2D eigenvalue weighted by molar-refractivity contribution is 7.99. The van der Waals surface area contributed by atoms with E-state index in [2.05, 4.69) is 10.2 Å². The standard InChI is InChI=1S/C6H10N4S2/c7-10-5(8-9-6(10)11)4-1-2-12-3-4/h4H,1-3,7H2,(H,9,11). The second-order valence-corrected chi connectivity index (χ2v) is 4.35. The highest BCUT2D eigenvalue weighted by Gasteiger charge is 2.22. The number of thioether (sulfide) groups is 1. The van der Waals surface area contributed by atoms with Crippen LogP contribution in [0.3, 0.4) is 0 Å². The lowest BCUT2D eigenvalue weighted by Gasteiger charge is -2.05. The molecular weight excluding hydrogens is 192 g/mol. The first-order valence-corrected chi connectivity index (χ1v) is 5.35. The summed E-state index contributed by atoms with van der Waals surface area (Å²) in [5.74, 6) is 9.37. The molecule has 1 aromatic heterocycles. The van der Waals surface area contributed by atoms with Crippen LogP contribution >= 0.6 is 24.0 Å². The molecule has 12 heavy (non-hydrogen) atoms. The van der Waals surface area contributed by atoms with Crippen LogP contribution in [0.5, 0.6) is 0 Å². The average molecular weight is 202 g/mol. The maximum Gasteiger partial charge on any atom is 0.214 e. The van der Waals surface area contributed by atoms with Crippen molar-refractivity contribution >= 4 is 24.0 Å². The van der Waals surface area contributed by atoms with Crippen LogP contribution in [-0.2, 0) is 0 Å². The summed E-state index contributed by atoms with van der Waals surface area (Å²) in [6, 6.07) is 0. The van der Waals surface area contributed by atoms with E-state index in [-0.39, 0.29) is 0 Å². The lowest BCUT2D eigenvalue weighted by atomic mass is 10.1. The summed E-state index contributed by atoms with van der Waals surface area (Å²) < 4.78 is 1.98. The number of H-pyrrole nitrogens is 1. The van der Waals surface area contributed by atoms with Crippen molar-refractivity contribution in [2.45, 2.75) is 12.3 Å². The van der Waals surface area contributed by atoms with Crippen molar-refractivity contribution in [3.63, 3.8) is 0 Å². The predicted octanol–water partition coefficient (Wildman–Crippen LogP) is 0.875. The summed E-state index contributed by atoms with van der Waals surface area (Å²) in [7, 11) is 0. The predicted molar refractivity (Wildman–Crippen MR) is 52.2 cm³/mol. The molecule has 1 saturated heterocycles. The van der Waals surface area contributed by atoms with Crippen LogP contribution in [0.2, 0.25) is 0 Å². The minimum atomic E-state index is 0.480. The smallest absolute Gasteiger partial charge is 0.214 e. The molecule has 1 atom stereocenters. The Labute approximate surface area is 79.5 Å². The summed E-state index contributed by atoms with van der Waals surface area (Å²) in [5.41, 5.74) is 0. The van der Waals surface area contributed by atoms with Crippen molar-refractivity contribution in [1.29, 1.82) is 0 Å². The number of nitrogen functional groups attached to an aromatic ring is 1. The molecular formula is C6H10N4S2. The quantitative estimate of drug-likeness (QED) is 0.524. The van der Waals surface area contributed by atoms with Crippen LogP contribution in [0.4, 0.5) is 0 Å². The summed E-state index contributed by atoms with van der Waals surface area (Å²) >= 11 is 6.86. The van der Waals surface area contributed by atoms with Crippen LogP contribution in [0.15, 0.2) is 0 Å². The number of rotatable bonds is 1. The van der Waals surface area contributed by atoms with Crippen LogP contribution in [-0.4, -0.2) is 26.4 Å². The molecule has 3 N–H and O–H groups in total. The zero-order valence-electron chi connectivity index (χ0n) is 6.49. The van der Waals surface area contributed by atoms with E-state index < -0.39 is 0 Å². The van der Waals surface area contributed by atoms with Gasteiger partial charge in [0.15, 0.2) is 5.82 Å². The van der Waals surface area contributed by atoms with Gasteiger partial charge in [-0.05, 0) is 24.4 Å². The zero-order valence-corrected chi connectivity index (χ0v) is 8.12. The van der Waals surface area contributed by atoms with Gasteiger partial charge in [-0.3, -0.25) is 5.10 Å². The van der Waals surface area contributed by atoms with Crippen LogP contribution in [0, 0.1) is 4.77 Å². The molecule has 1 aliphatic rings. The van der Waals surface area contributed by atoms with E-state index in [1.54, 1.807) is 0 Å². The van der Waals surface area contributed by atoms with Crippen molar-refractivity contribution in [2.24, 2.45) is 0 Å². The number of hydrogen-bond acceptors (Lipinski definition) is 4. The Morgan fingerprint density at radius 1 is 1.75 bits per heavy atom. The number of aromatic nitrogens is 3. The summed E-state index contributed by atoms with van der Waals surface area (Å²) in [4.78, 5) is 0. The Bertz CT molecular complexity index is 323. The molecule has 6 heteroatoms. The third-order valence-electron chi connectivity index (χ3n) is 2.03. The number of nitrogens with one attached hydrogen (secondary N) is 1. The van der Waals surface area contributed by atoms with Gasteiger partial charge in [-0.1, -0.05) is 0 Å². The largest absolute Gasteiger partial charge is 0.335 e. The topological polar surface area (TPSA) is 59.6 Å². The molecule has 1 aromatic rings. The van der Waals surface area contributed by atoms with E-state index in [0.29, 0.717) is 10.7 Å². The van der Waals surface area contributed by atoms with Gasteiger partial charge in [0.1, 0.15) is 0 Å². The van der Waals surface area contributed by atoms with Crippen molar-refractivity contribution in [2.75, 3.05) is 17.3 Å². The van der Waals surface area contributed by atoms with E-state index in [1.807, 2.05) is 11.8 Å². The van der Waals surface area contributed by atoms with Crippen LogP contribution in [0.25, 0.3) is 0 Å². The minimum Gasteiger partial charge on any atom is -0.335 e. The SMILES string of the molecule is Nn1c(C2CCSC2)n[nH]c1=S. The van der Waals surface area contributed by atoms with Gasteiger partial charge in [0, 0.05) is 11.7 Å². The van der Waals surface area contributed by atoms with Crippen molar-refractivity contribution in [3.8, 4) is 0 Å². The molecule has 0 radical (unpaired) electrons. The Hall–Kier alpha value is -0.490. The second kappa shape index (κ2) is 3.10. The first kappa shape index (κ1) is 8.12. The third kappa shape index (κ3) is 1.25. The molecule has 0 aliphatic carbocycles. The molecule has 1 fully saturated rings. The second-order valence-electron chi connectivity index (χ2n) is 2.82. The van der Waals surface area contributed by atoms with Gasteiger partial charge >= 0.3 is 0 Å². The lowest BCUT2D eigenvalue weighted by molar-refractivity contribution is 0.684. The molecule has 4 nitrogen and oxygen atoms in total. The fraction of sp³-hybridized carbons (Fsp3) is 0.667. The molecule has 0 saturated carbocycles. The fourth-order valence-electron chi connectivity index (χ4n) is 1.34. The summed E-state index contributed by atoms with van der Waals surface area (Å²) in [6.45, 7) is 0. The Kier molecular flexibility index (Phi) is 2.10. The minimum absolute atomic E-state index is 0.480. The van der Waals surface area contributed by atoms with Gasteiger partial charge in [-0.15, -0.1) is 0 Å². The van der Waals surface area contributed by atoms with Crippen LogP contribution < -0.4 is 5.84 Å². The maximum atomic E-state index is 5.69.